The molecule has 0 radical (unpaired) electrons. The van der Waals surface area contributed by atoms with E-state index in [1.165, 1.54) is 23.9 Å². The molecule has 0 heterocycles. The number of carbonyl (C=O) groups is 1. The van der Waals surface area contributed by atoms with Crippen LogP contribution < -0.4 is 9.47 Å². The number of halogens is 1. The van der Waals surface area contributed by atoms with E-state index in [0.29, 0.717) is 23.8 Å². The maximum absolute atomic E-state index is 12.9. The number of nitrogens with zero attached hydrogens (tertiary/aromatic N) is 1. The van der Waals surface area contributed by atoms with Gasteiger partial charge in [-0.2, -0.15) is 0 Å². The predicted molar refractivity (Wildman–Crippen MR) is 93.1 cm³/mol. The molecule has 0 aromatic heterocycles. The van der Waals surface area contributed by atoms with Crippen molar-refractivity contribution in [1.82, 2.24) is 4.90 Å². The second kappa shape index (κ2) is 8.59. The highest BCUT2D eigenvalue weighted by molar-refractivity contribution is 8.00. The molecule has 0 saturated carbocycles. The molecule has 6 heteroatoms. The first-order valence-electron chi connectivity index (χ1n) is 7.36. The highest BCUT2D eigenvalue weighted by Crippen LogP contribution is 2.26. The van der Waals surface area contributed by atoms with Gasteiger partial charge in [-0.15, -0.1) is 11.8 Å². The Balaban J connectivity index is 1.94. The largest absolute Gasteiger partial charge is 0.497 e. The first kappa shape index (κ1) is 18.1. The lowest BCUT2D eigenvalue weighted by molar-refractivity contribution is -0.127. The Bertz CT molecular complexity index is 691. The van der Waals surface area contributed by atoms with Crippen molar-refractivity contribution in [2.45, 2.75) is 11.4 Å². The van der Waals surface area contributed by atoms with Gasteiger partial charge in [-0.1, -0.05) is 0 Å². The number of carbonyl (C=O) groups excluding carboxylic acids is 1. The van der Waals surface area contributed by atoms with Crippen LogP contribution in [0.4, 0.5) is 4.39 Å². The molecule has 0 atom stereocenters. The Morgan fingerprint density at radius 1 is 1.12 bits per heavy atom. The first-order valence-corrected chi connectivity index (χ1v) is 8.35. The minimum Gasteiger partial charge on any atom is -0.497 e. The van der Waals surface area contributed by atoms with Crippen molar-refractivity contribution >= 4 is 17.7 Å². The normalized spacial score (nSPS) is 10.3. The van der Waals surface area contributed by atoms with Crippen molar-refractivity contribution in [2.75, 3.05) is 27.0 Å². The number of benzene rings is 2. The van der Waals surface area contributed by atoms with Gasteiger partial charge < -0.3 is 14.4 Å². The third kappa shape index (κ3) is 4.89. The molecule has 24 heavy (non-hydrogen) atoms. The summed E-state index contributed by atoms with van der Waals surface area (Å²) in [6.07, 6.45) is 0. The Kier molecular flexibility index (Phi) is 6.49. The van der Waals surface area contributed by atoms with Gasteiger partial charge in [-0.05, 0) is 36.4 Å². The van der Waals surface area contributed by atoms with Crippen molar-refractivity contribution < 1.29 is 18.7 Å². The zero-order valence-electron chi connectivity index (χ0n) is 13.9. The molecule has 2 aromatic rings. The van der Waals surface area contributed by atoms with Crippen LogP contribution in [0.3, 0.4) is 0 Å². The van der Waals surface area contributed by atoms with Crippen molar-refractivity contribution in [3.05, 3.63) is 53.8 Å². The first-order chi connectivity index (χ1) is 11.5. The lowest BCUT2D eigenvalue weighted by Crippen LogP contribution is -2.28. The van der Waals surface area contributed by atoms with Crippen molar-refractivity contribution in [3.8, 4) is 11.5 Å². The summed E-state index contributed by atoms with van der Waals surface area (Å²) in [7, 11) is 4.93. The standard InChI is InChI=1S/C18H20FNO3S/c1-20(11-13-4-7-15(22-2)10-17(13)23-3)18(21)12-24-16-8-5-14(19)6-9-16/h4-10H,11-12H2,1-3H3. The van der Waals surface area contributed by atoms with E-state index in [1.807, 2.05) is 12.1 Å². The van der Waals surface area contributed by atoms with Gasteiger partial charge in [0.05, 0.1) is 20.0 Å². The third-order valence-corrected chi connectivity index (χ3v) is 4.50. The summed E-state index contributed by atoms with van der Waals surface area (Å²) < 4.78 is 23.4. The van der Waals surface area contributed by atoms with E-state index in [0.717, 1.165) is 10.5 Å². The van der Waals surface area contributed by atoms with E-state index in [4.69, 9.17) is 9.47 Å². The molecule has 0 N–H and O–H groups in total. The smallest absolute Gasteiger partial charge is 0.232 e. The van der Waals surface area contributed by atoms with E-state index >= 15 is 0 Å². The number of rotatable bonds is 7. The Morgan fingerprint density at radius 2 is 1.83 bits per heavy atom. The predicted octanol–water partition coefficient (Wildman–Crippen LogP) is 3.59. The van der Waals surface area contributed by atoms with Gasteiger partial charge in [-0.3, -0.25) is 4.79 Å². The van der Waals surface area contributed by atoms with Gasteiger partial charge in [0.15, 0.2) is 0 Å². The summed E-state index contributed by atoms with van der Waals surface area (Å²) in [5.74, 6) is 1.38. The fourth-order valence-electron chi connectivity index (χ4n) is 2.11. The molecule has 0 unspecified atom stereocenters. The summed E-state index contributed by atoms with van der Waals surface area (Å²) in [6, 6.07) is 11.6. The SMILES string of the molecule is COc1ccc(CN(C)C(=O)CSc2ccc(F)cc2)c(OC)c1. The second-order valence-corrected chi connectivity index (χ2v) is 6.22. The molecule has 128 valence electrons. The molecule has 0 spiro atoms. The molecule has 0 aliphatic rings. The summed E-state index contributed by atoms with van der Waals surface area (Å²) in [5, 5.41) is 0. The number of ether oxygens (including phenoxy) is 2. The molecule has 2 rings (SSSR count). The number of thioether (sulfide) groups is 1. The molecule has 2 aromatic carbocycles. The summed E-state index contributed by atoms with van der Waals surface area (Å²) >= 11 is 1.38. The van der Waals surface area contributed by atoms with Crippen molar-refractivity contribution in [2.24, 2.45) is 0 Å². The highest BCUT2D eigenvalue weighted by atomic mass is 32.2. The fraction of sp³-hybridized carbons (Fsp3) is 0.278. The maximum atomic E-state index is 12.9. The average Bonchev–Trinajstić information content (AvgIpc) is 2.61. The average molecular weight is 349 g/mol. The van der Waals surface area contributed by atoms with E-state index in [2.05, 4.69) is 0 Å². The lowest BCUT2D eigenvalue weighted by atomic mass is 10.2. The summed E-state index contributed by atoms with van der Waals surface area (Å²) in [5.41, 5.74) is 0.904. The van der Waals surface area contributed by atoms with Gasteiger partial charge in [-0.25, -0.2) is 4.39 Å². The molecule has 0 aliphatic heterocycles. The monoisotopic (exact) mass is 349 g/mol. The Hall–Kier alpha value is -2.21. The Morgan fingerprint density at radius 3 is 2.46 bits per heavy atom. The molecular formula is C18H20FNO3S. The molecule has 0 bridgehead atoms. The lowest BCUT2D eigenvalue weighted by Gasteiger charge is -2.19. The van der Waals surface area contributed by atoms with Crippen LogP contribution in [0.15, 0.2) is 47.4 Å². The molecular weight excluding hydrogens is 329 g/mol. The van der Waals surface area contributed by atoms with Gasteiger partial charge in [0.25, 0.3) is 0 Å². The van der Waals surface area contributed by atoms with Gasteiger partial charge in [0, 0.05) is 30.1 Å². The molecule has 0 fully saturated rings. The minimum atomic E-state index is -0.283. The second-order valence-electron chi connectivity index (χ2n) is 5.17. The van der Waals surface area contributed by atoms with Gasteiger partial charge in [0.1, 0.15) is 17.3 Å². The Labute approximate surface area is 145 Å². The van der Waals surface area contributed by atoms with Crippen LogP contribution >= 0.6 is 11.8 Å². The number of hydrogen-bond acceptors (Lipinski definition) is 4. The van der Waals surface area contributed by atoms with Crippen LogP contribution in [0, 0.1) is 5.82 Å². The van der Waals surface area contributed by atoms with Gasteiger partial charge >= 0.3 is 0 Å². The van der Waals surface area contributed by atoms with Gasteiger partial charge in [0.2, 0.25) is 5.91 Å². The topological polar surface area (TPSA) is 38.8 Å². The summed E-state index contributed by atoms with van der Waals surface area (Å²) in [4.78, 5) is 14.8. The fourth-order valence-corrected chi connectivity index (χ4v) is 2.95. The van der Waals surface area contributed by atoms with Crippen LogP contribution in [0.2, 0.25) is 0 Å². The molecule has 1 amide bonds. The van der Waals surface area contributed by atoms with Crippen LogP contribution in [-0.4, -0.2) is 37.8 Å². The quantitative estimate of drug-likeness (QED) is 0.716. The third-order valence-electron chi connectivity index (χ3n) is 3.50. The zero-order valence-corrected chi connectivity index (χ0v) is 14.7. The minimum absolute atomic E-state index is 0.0119. The molecule has 0 aliphatic carbocycles. The number of amides is 1. The van der Waals surface area contributed by atoms with Crippen LogP contribution in [0.5, 0.6) is 11.5 Å². The highest BCUT2D eigenvalue weighted by Gasteiger charge is 2.13. The maximum Gasteiger partial charge on any atom is 0.232 e. The summed E-state index contributed by atoms with van der Waals surface area (Å²) in [6.45, 7) is 0.440. The van der Waals surface area contributed by atoms with E-state index in [1.54, 1.807) is 44.4 Å². The molecule has 4 nitrogen and oxygen atoms in total. The van der Waals surface area contributed by atoms with E-state index < -0.39 is 0 Å². The van der Waals surface area contributed by atoms with Crippen LogP contribution in [0.1, 0.15) is 5.56 Å². The van der Waals surface area contributed by atoms with E-state index in [-0.39, 0.29) is 11.7 Å². The van der Waals surface area contributed by atoms with Crippen LogP contribution in [0.25, 0.3) is 0 Å². The van der Waals surface area contributed by atoms with E-state index in [9.17, 15) is 9.18 Å². The zero-order chi connectivity index (χ0) is 17.5. The van der Waals surface area contributed by atoms with Crippen molar-refractivity contribution in [1.29, 1.82) is 0 Å². The van der Waals surface area contributed by atoms with Crippen LogP contribution in [-0.2, 0) is 11.3 Å². The van der Waals surface area contributed by atoms with Crippen molar-refractivity contribution in [3.63, 3.8) is 0 Å². The molecule has 0 saturated heterocycles. The number of methoxy groups -OCH3 is 2. The number of hydrogen-bond donors (Lipinski definition) is 0.